The minimum atomic E-state index is 0.571. The lowest BCUT2D eigenvalue weighted by Gasteiger charge is -2.24. The fourth-order valence-corrected chi connectivity index (χ4v) is 2.42. The molecule has 1 fully saturated rings. The van der Waals surface area contributed by atoms with Gasteiger partial charge in [-0.05, 0) is 44.1 Å². The Morgan fingerprint density at radius 1 is 1.39 bits per heavy atom. The van der Waals surface area contributed by atoms with Gasteiger partial charge in [-0.2, -0.15) is 0 Å². The van der Waals surface area contributed by atoms with Crippen LogP contribution in [0.1, 0.15) is 25.7 Å². The summed E-state index contributed by atoms with van der Waals surface area (Å²) in [4.78, 5) is 4.47. The molecule has 1 aromatic carbocycles. The number of hydrogen-bond donors (Lipinski definition) is 2. The van der Waals surface area contributed by atoms with E-state index in [2.05, 4.69) is 34.7 Å². The van der Waals surface area contributed by atoms with E-state index in [9.17, 15) is 0 Å². The molecule has 2 N–H and O–H groups in total. The predicted octanol–water partition coefficient (Wildman–Crippen LogP) is 2.55. The highest BCUT2D eigenvalue weighted by Crippen LogP contribution is 2.21. The topological polar surface area (TPSA) is 50.1 Å². The van der Waals surface area contributed by atoms with E-state index in [1.165, 1.54) is 12.8 Å². The molecule has 18 heavy (non-hydrogen) atoms. The number of hydrogen-bond acceptors (Lipinski definition) is 4. The molecule has 0 aliphatic carbocycles. The maximum Gasteiger partial charge on any atom is 0.195 e. The first-order valence-electron chi connectivity index (χ1n) is 6.72. The number of benzene rings is 1. The van der Waals surface area contributed by atoms with Crippen molar-refractivity contribution in [1.82, 2.24) is 10.3 Å². The molecule has 3 rings (SSSR count). The monoisotopic (exact) mass is 245 g/mol. The minimum absolute atomic E-state index is 0.571. The van der Waals surface area contributed by atoms with Crippen molar-refractivity contribution >= 4 is 16.8 Å². The summed E-state index contributed by atoms with van der Waals surface area (Å²) < 4.78 is 5.61. The Labute approximate surface area is 107 Å². The number of anilines is 1. The molecule has 4 nitrogen and oxygen atoms in total. The fourth-order valence-electron chi connectivity index (χ4n) is 2.42. The van der Waals surface area contributed by atoms with Crippen LogP contribution in [-0.4, -0.2) is 24.1 Å². The molecule has 1 aromatic heterocycles. The quantitative estimate of drug-likeness (QED) is 0.872. The first kappa shape index (κ1) is 11.5. The molecular weight excluding hydrogens is 226 g/mol. The first-order valence-corrected chi connectivity index (χ1v) is 6.72. The summed E-state index contributed by atoms with van der Waals surface area (Å²) in [5, 5.41) is 6.95. The number of aromatic nitrogens is 1. The predicted molar refractivity (Wildman–Crippen MR) is 72.9 cm³/mol. The van der Waals surface area contributed by atoms with Gasteiger partial charge in [0.25, 0.3) is 0 Å². The van der Waals surface area contributed by atoms with Crippen molar-refractivity contribution < 1.29 is 4.42 Å². The van der Waals surface area contributed by atoms with E-state index < -0.39 is 0 Å². The summed E-state index contributed by atoms with van der Waals surface area (Å²) in [6, 6.07) is 6.74. The number of nitrogens with one attached hydrogen (secondary N) is 2. The Morgan fingerprint density at radius 3 is 3.00 bits per heavy atom. The van der Waals surface area contributed by atoms with Crippen LogP contribution in [0.3, 0.4) is 0 Å². The molecular formula is C14H19N3O. The lowest BCUT2D eigenvalue weighted by molar-refractivity contribution is 0.479. The number of piperidine rings is 1. The third kappa shape index (κ3) is 2.34. The van der Waals surface area contributed by atoms with E-state index in [0.29, 0.717) is 6.04 Å². The van der Waals surface area contributed by atoms with Crippen molar-refractivity contribution in [3.05, 3.63) is 24.1 Å². The summed E-state index contributed by atoms with van der Waals surface area (Å²) in [6.07, 6.45) is 3.19. The van der Waals surface area contributed by atoms with E-state index >= 15 is 0 Å². The van der Waals surface area contributed by atoms with Crippen molar-refractivity contribution in [2.45, 2.75) is 32.2 Å². The minimum Gasteiger partial charge on any atom is -0.441 e. The zero-order chi connectivity index (χ0) is 12.4. The molecule has 1 aliphatic heterocycles. The largest absolute Gasteiger partial charge is 0.441 e. The van der Waals surface area contributed by atoms with Crippen LogP contribution in [-0.2, 0) is 6.42 Å². The van der Waals surface area contributed by atoms with Crippen LogP contribution in [0.25, 0.3) is 11.1 Å². The molecule has 0 saturated carbocycles. The summed E-state index contributed by atoms with van der Waals surface area (Å²) in [6.45, 7) is 4.26. The normalized spacial score (nSPS) is 17.2. The number of rotatable bonds is 3. The van der Waals surface area contributed by atoms with Gasteiger partial charge in [0.05, 0.1) is 0 Å². The molecule has 0 atom stereocenters. The van der Waals surface area contributed by atoms with Gasteiger partial charge in [0.2, 0.25) is 0 Å². The van der Waals surface area contributed by atoms with E-state index in [-0.39, 0.29) is 0 Å². The highest BCUT2D eigenvalue weighted by Gasteiger charge is 2.13. The molecule has 0 spiro atoms. The molecule has 0 amide bonds. The van der Waals surface area contributed by atoms with Gasteiger partial charge in [-0.15, -0.1) is 0 Å². The molecule has 0 bridgehead atoms. The Hall–Kier alpha value is -1.55. The average Bonchev–Trinajstić information content (AvgIpc) is 2.82. The van der Waals surface area contributed by atoms with Gasteiger partial charge >= 0.3 is 0 Å². The second kappa shape index (κ2) is 4.98. The van der Waals surface area contributed by atoms with Gasteiger partial charge in [-0.3, -0.25) is 0 Å². The van der Waals surface area contributed by atoms with E-state index in [1.54, 1.807) is 0 Å². The van der Waals surface area contributed by atoms with Crippen LogP contribution in [0.4, 0.5) is 5.69 Å². The number of aryl methyl sites for hydroxylation is 1. The van der Waals surface area contributed by atoms with E-state index in [0.717, 1.165) is 42.2 Å². The molecule has 1 aliphatic rings. The second-order valence-electron chi connectivity index (χ2n) is 4.81. The Morgan fingerprint density at radius 2 is 2.22 bits per heavy atom. The van der Waals surface area contributed by atoms with E-state index in [4.69, 9.17) is 4.42 Å². The third-order valence-electron chi connectivity index (χ3n) is 3.44. The molecule has 2 heterocycles. The van der Waals surface area contributed by atoms with Gasteiger partial charge in [0, 0.05) is 18.2 Å². The van der Waals surface area contributed by atoms with Crippen LogP contribution in [0.5, 0.6) is 0 Å². The summed E-state index contributed by atoms with van der Waals surface area (Å²) in [5.74, 6) is 0.809. The van der Waals surface area contributed by atoms with Crippen molar-refractivity contribution in [2.75, 3.05) is 18.4 Å². The van der Waals surface area contributed by atoms with Gasteiger partial charge in [-0.1, -0.05) is 6.92 Å². The molecule has 2 aromatic rings. The molecule has 1 saturated heterocycles. The Balaban J connectivity index is 1.79. The van der Waals surface area contributed by atoms with Crippen molar-refractivity contribution in [3.8, 4) is 0 Å². The summed E-state index contributed by atoms with van der Waals surface area (Å²) in [5.41, 5.74) is 2.97. The highest BCUT2D eigenvalue weighted by atomic mass is 16.3. The van der Waals surface area contributed by atoms with Crippen molar-refractivity contribution in [3.63, 3.8) is 0 Å². The molecule has 0 radical (unpaired) electrons. The standard InChI is InChI=1S/C14H19N3O/c1-2-14-17-12-9-11(3-4-13(12)18-14)16-10-5-7-15-8-6-10/h3-4,9-10,15-16H,2,5-8H2,1H3. The number of oxazole rings is 1. The smallest absolute Gasteiger partial charge is 0.195 e. The van der Waals surface area contributed by atoms with Crippen molar-refractivity contribution in [1.29, 1.82) is 0 Å². The Kier molecular flexibility index (Phi) is 3.19. The lowest BCUT2D eigenvalue weighted by Crippen LogP contribution is -2.35. The zero-order valence-electron chi connectivity index (χ0n) is 10.7. The van der Waals surface area contributed by atoms with Crippen LogP contribution in [0.2, 0.25) is 0 Å². The third-order valence-corrected chi connectivity index (χ3v) is 3.44. The highest BCUT2D eigenvalue weighted by molar-refractivity contribution is 5.77. The molecule has 4 heteroatoms. The van der Waals surface area contributed by atoms with Gasteiger partial charge in [0.1, 0.15) is 5.52 Å². The fraction of sp³-hybridized carbons (Fsp3) is 0.500. The first-order chi connectivity index (χ1) is 8.85. The maximum absolute atomic E-state index is 5.61. The number of fused-ring (bicyclic) bond motifs is 1. The molecule has 96 valence electrons. The molecule has 0 unspecified atom stereocenters. The maximum atomic E-state index is 5.61. The van der Waals surface area contributed by atoms with Crippen LogP contribution < -0.4 is 10.6 Å². The van der Waals surface area contributed by atoms with Gasteiger partial charge in [0.15, 0.2) is 11.5 Å². The second-order valence-corrected chi connectivity index (χ2v) is 4.81. The van der Waals surface area contributed by atoms with Crippen LogP contribution in [0.15, 0.2) is 22.6 Å². The number of nitrogens with zero attached hydrogens (tertiary/aromatic N) is 1. The zero-order valence-corrected chi connectivity index (χ0v) is 10.7. The van der Waals surface area contributed by atoms with Crippen LogP contribution in [0, 0.1) is 0 Å². The average molecular weight is 245 g/mol. The van der Waals surface area contributed by atoms with Crippen molar-refractivity contribution in [2.24, 2.45) is 0 Å². The van der Waals surface area contributed by atoms with Gasteiger partial charge < -0.3 is 15.1 Å². The van der Waals surface area contributed by atoms with Gasteiger partial charge in [-0.25, -0.2) is 4.98 Å². The lowest BCUT2D eigenvalue weighted by atomic mass is 10.1. The summed E-state index contributed by atoms with van der Waals surface area (Å²) >= 11 is 0. The SMILES string of the molecule is CCc1nc2cc(NC3CCNCC3)ccc2o1. The Bertz CT molecular complexity index is 529. The van der Waals surface area contributed by atoms with E-state index in [1.807, 2.05) is 6.07 Å². The summed E-state index contributed by atoms with van der Waals surface area (Å²) in [7, 11) is 0. The van der Waals surface area contributed by atoms with Crippen LogP contribution >= 0.6 is 0 Å².